The second-order valence-electron chi connectivity index (χ2n) is 3.18. The topological polar surface area (TPSA) is 43.8 Å². The van der Waals surface area contributed by atoms with Crippen molar-refractivity contribution in [3.8, 4) is 11.3 Å². The third-order valence-corrected chi connectivity index (χ3v) is 3.07. The predicted molar refractivity (Wildman–Crippen MR) is 60.7 cm³/mol. The van der Waals surface area contributed by atoms with Crippen LogP contribution in [0.4, 0.5) is 10.3 Å². The fraction of sp³-hybridized carbons (Fsp3) is 0.100. The molecule has 1 aromatic heterocycles. The Bertz CT molecular complexity index is 507. The van der Waals surface area contributed by atoms with E-state index in [-0.39, 0.29) is 5.82 Å². The van der Waals surface area contributed by atoms with Crippen LogP contribution in [0.5, 0.6) is 0 Å². The molecular weight excluding hydrogens is 261 g/mol. The van der Waals surface area contributed by atoms with E-state index in [4.69, 9.17) is 5.73 Å². The molecule has 0 aliphatic heterocycles. The maximum Gasteiger partial charge on any atom is 0.201 e. The lowest BCUT2D eigenvalue weighted by molar-refractivity contribution is 0.628. The molecule has 0 atom stereocenters. The first-order valence-corrected chi connectivity index (χ1v) is 5.12. The van der Waals surface area contributed by atoms with Crippen molar-refractivity contribution in [3.63, 3.8) is 0 Å². The molecule has 0 fully saturated rings. The van der Waals surface area contributed by atoms with Crippen LogP contribution in [0.25, 0.3) is 11.3 Å². The Morgan fingerprint density at radius 1 is 1.47 bits per heavy atom. The van der Waals surface area contributed by atoms with Gasteiger partial charge in [0.1, 0.15) is 16.1 Å². The summed E-state index contributed by atoms with van der Waals surface area (Å²) in [4.78, 5) is 4.15. The van der Waals surface area contributed by atoms with Crippen LogP contribution in [0, 0.1) is 5.82 Å². The summed E-state index contributed by atoms with van der Waals surface area (Å²) in [5.74, 6) is 0.102. The summed E-state index contributed by atoms with van der Waals surface area (Å²) in [6.07, 6.45) is 0. The van der Waals surface area contributed by atoms with Crippen LogP contribution in [0.3, 0.4) is 0 Å². The lowest BCUT2D eigenvalue weighted by Crippen LogP contribution is -1.96. The highest BCUT2D eigenvalue weighted by Crippen LogP contribution is 2.29. The van der Waals surface area contributed by atoms with Gasteiger partial charge in [-0.15, -0.1) is 0 Å². The monoisotopic (exact) mass is 269 g/mol. The van der Waals surface area contributed by atoms with E-state index < -0.39 is 0 Å². The molecule has 1 heterocycles. The van der Waals surface area contributed by atoms with Crippen LogP contribution in [0.15, 0.2) is 28.9 Å². The van der Waals surface area contributed by atoms with Crippen molar-refractivity contribution in [1.82, 2.24) is 9.55 Å². The summed E-state index contributed by atoms with van der Waals surface area (Å²) < 4.78 is 15.4. The largest absolute Gasteiger partial charge is 0.369 e. The van der Waals surface area contributed by atoms with E-state index >= 15 is 0 Å². The molecule has 0 saturated carbocycles. The van der Waals surface area contributed by atoms with Crippen molar-refractivity contribution in [1.29, 1.82) is 0 Å². The van der Waals surface area contributed by atoms with Crippen LogP contribution in [-0.2, 0) is 7.05 Å². The minimum atomic E-state index is -0.288. The zero-order valence-electron chi connectivity index (χ0n) is 8.04. The molecule has 0 radical (unpaired) electrons. The third-order valence-electron chi connectivity index (χ3n) is 2.16. The number of nitrogens with zero attached hydrogens (tertiary/aromatic N) is 2. The van der Waals surface area contributed by atoms with Gasteiger partial charge in [0.25, 0.3) is 0 Å². The molecule has 0 aliphatic rings. The minimum absolute atomic E-state index is 0.288. The van der Waals surface area contributed by atoms with Gasteiger partial charge in [0.05, 0.1) is 0 Å². The number of anilines is 1. The Balaban J connectivity index is 2.59. The molecule has 2 aromatic rings. The van der Waals surface area contributed by atoms with Gasteiger partial charge in [-0.1, -0.05) is 12.1 Å². The molecule has 0 unspecified atom stereocenters. The first-order valence-electron chi connectivity index (χ1n) is 4.33. The molecule has 0 saturated heterocycles. The molecule has 1 aromatic carbocycles. The van der Waals surface area contributed by atoms with E-state index in [1.807, 2.05) is 0 Å². The van der Waals surface area contributed by atoms with E-state index in [1.165, 1.54) is 12.1 Å². The minimum Gasteiger partial charge on any atom is -0.369 e. The molecule has 5 heteroatoms. The predicted octanol–water partition coefficient (Wildman–Crippen LogP) is 2.57. The number of benzene rings is 1. The zero-order chi connectivity index (χ0) is 11.0. The lowest BCUT2D eigenvalue weighted by atomic mass is 10.2. The Morgan fingerprint density at radius 3 is 2.73 bits per heavy atom. The molecule has 0 spiro atoms. The normalized spacial score (nSPS) is 10.6. The van der Waals surface area contributed by atoms with Gasteiger partial charge in [0.2, 0.25) is 5.95 Å². The second-order valence-corrected chi connectivity index (χ2v) is 3.93. The standard InChI is InChI=1S/C10H9BrFN3/c1-15-9(11)8(14-10(15)13)6-3-2-4-7(12)5-6/h2-5H,1H3,(H2,13,14). The Kier molecular flexibility index (Phi) is 2.48. The quantitative estimate of drug-likeness (QED) is 0.865. The fourth-order valence-electron chi connectivity index (χ4n) is 1.31. The highest BCUT2D eigenvalue weighted by atomic mass is 79.9. The fourth-order valence-corrected chi connectivity index (χ4v) is 1.81. The maximum absolute atomic E-state index is 13.0. The molecule has 15 heavy (non-hydrogen) atoms. The number of imidazole rings is 1. The van der Waals surface area contributed by atoms with Crippen LogP contribution in [0.1, 0.15) is 0 Å². The number of hydrogen-bond donors (Lipinski definition) is 1. The second kappa shape index (κ2) is 3.66. The van der Waals surface area contributed by atoms with Crippen molar-refractivity contribution < 1.29 is 4.39 Å². The summed E-state index contributed by atoms with van der Waals surface area (Å²) in [5.41, 5.74) is 7.00. The molecule has 78 valence electrons. The van der Waals surface area contributed by atoms with Gasteiger partial charge in [-0.05, 0) is 28.1 Å². The third kappa shape index (κ3) is 1.74. The average Bonchev–Trinajstić information content (AvgIpc) is 2.46. The Morgan fingerprint density at radius 2 is 2.20 bits per heavy atom. The van der Waals surface area contributed by atoms with E-state index in [1.54, 1.807) is 23.7 Å². The van der Waals surface area contributed by atoms with Gasteiger partial charge in [-0.3, -0.25) is 0 Å². The number of nitrogens with two attached hydrogens (primary N) is 1. The molecule has 0 amide bonds. The molecule has 3 nitrogen and oxygen atoms in total. The Hall–Kier alpha value is -1.36. The molecule has 2 rings (SSSR count). The molecule has 2 N–H and O–H groups in total. The number of hydrogen-bond acceptors (Lipinski definition) is 2. The average molecular weight is 270 g/mol. The summed E-state index contributed by atoms with van der Waals surface area (Å²) in [5, 5.41) is 0. The highest BCUT2D eigenvalue weighted by molar-refractivity contribution is 9.10. The summed E-state index contributed by atoms with van der Waals surface area (Å²) in [7, 11) is 1.79. The van der Waals surface area contributed by atoms with Crippen LogP contribution in [-0.4, -0.2) is 9.55 Å². The van der Waals surface area contributed by atoms with Gasteiger partial charge >= 0.3 is 0 Å². The van der Waals surface area contributed by atoms with Crippen LogP contribution in [0.2, 0.25) is 0 Å². The molecule has 0 aliphatic carbocycles. The van der Waals surface area contributed by atoms with Gasteiger partial charge in [-0.25, -0.2) is 9.37 Å². The molecule has 0 bridgehead atoms. The number of halogens is 2. The van der Waals surface area contributed by atoms with Crippen molar-refractivity contribution in [2.24, 2.45) is 7.05 Å². The number of rotatable bonds is 1. The molecular formula is C10H9BrFN3. The van der Waals surface area contributed by atoms with Gasteiger partial charge < -0.3 is 10.3 Å². The van der Waals surface area contributed by atoms with Gasteiger partial charge in [-0.2, -0.15) is 0 Å². The first kappa shape index (κ1) is 10.2. The SMILES string of the molecule is Cn1c(N)nc(-c2cccc(F)c2)c1Br. The first-order chi connectivity index (χ1) is 7.09. The van der Waals surface area contributed by atoms with Gasteiger partial charge in [0, 0.05) is 12.6 Å². The smallest absolute Gasteiger partial charge is 0.201 e. The number of nitrogen functional groups attached to an aromatic ring is 1. The maximum atomic E-state index is 13.0. The van der Waals surface area contributed by atoms with Crippen LogP contribution < -0.4 is 5.73 Å². The van der Waals surface area contributed by atoms with E-state index in [2.05, 4.69) is 20.9 Å². The van der Waals surface area contributed by atoms with Crippen molar-refractivity contribution in [2.75, 3.05) is 5.73 Å². The number of aromatic nitrogens is 2. The summed E-state index contributed by atoms with van der Waals surface area (Å²) in [6.45, 7) is 0. The highest BCUT2D eigenvalue weighted by Gasteiger charge is 2.12. The van der Waals surface area contributed by atoms with Crippen molar-refractivity contribution in [3.05, 3.63) is 34.7 Å². The summed E-state index contributed by atoms with van der Waals surface area (Å²) >= 11 is 3.36. The van der Waals surface area contributed by atoms with Crippen molar-refractivity contribution in [2.45, 2.75) is 0 Å². The Labute approximate surface area is 94.9 Å². The zero-order valence-corrected chi connectivity index (χ0v) is 9.62. The van der Waals surface area contributed by atoms with E-state index in [0.29, 0.717) is 17.2 Å². The van der Waals surface area contributed by atoms with Crippen molar-refractivity contribution >= 4 is 21.9 Å². The van der Waals surface area contributed by atoms with Crippen LogP contribution >= 0.6 is 15.9 Å². The lowest BCUT2D eigenvalue weighted by Gasteiger charge is -1.98. The summed E-state index contributed by atoms with van der Waals surface area (Å²) in [6, 6.07) is 6.24. The van der Waals surface area contributed by atoms with Gasteiger partial charge in [0.15, 0.2) is 0 Å². The van der Waals surface area contributed by atoms with E-state index in [0.717, 1.165) is 4.60 Å². The van der Waals surface area contributed by atoms with E-state index in [9.17, 15) is 4.39 Å².